The molecule has 48 heavy (non-hydrogen) atoms. The van der Waals surface area contributed by atoms with E-state index in [1.165, 1.54) is 0 Å². The number of carboxylic acids is 2. The van der Waals surface area contributed by atoms with E-state index in [1.807, 2.05) is 27.7 Å². The molecule has 0 saturated heterocycles. The van der Waals surface area contributed by atoms with E-state index in [2.05, 4.69) is 83.7 Å². The minimum atomic E-state index is -0.921. The summed E-state index contributed by atoms with van der Waals surface area (Å²) >= 11 is 15.5. The molecule has 4 aromatic heterocycles. The summed E-state index contributed by atoms with van der Waals surface area (Å²) in [6.07, 6.45) is 1.13. The van der Waals surface area contributed by atoms with Gasteiger partial charge in [-0.1, -0.05) is 0 Å². The van der Waals surface area contributed by atoms with Gasteiger partial charge in [0, 0.05) is 26.1 Å². The van der Waals surface area contributed by atoms with Crippen molar-refractivity contribution in [2.75, 3.05) is 13.2 Å². The first-order valence-electron chi connectivity index (χ1n) is 15.4. The number of fused-ring (bicyclic) bond motifs is 8. The lowest BCUT2D eigenvalue weighted by Gasteiger charge is -2.05. The van der Waals surface area contributed by atoms with Gasteiger partial charge in [0.15, 0.2) is 0 Å². The highest BCUT2D eigenvalue weighted by Gasteiger charge is 2.25. The van der Waals surface area contributed by atoms with Crippen LogP contribution in [0.4, 0.5) is 0 Å². The van der Waals surface area contributed by atoms with Gasteiger partial charge in [-0.15, -0.1) is 0 Å². The molecule has 5 heterocycles. The quantitative estimate of drug-likeness (QED) is 0.120. The van der Waals surface area contributed by atoms with Gasteiger partial charge in [-0.25, -0.2) is 0 Å². The van der Waals surface area contributed by atoms with Gasteiger partial charge in [0.2, 0.25) is 0 Å². The van der Waals surface area contributed by atoms with E-state index in [1.54, 1.807) is 0 Å². The molecule has 256 valence electrons. The largest absolute Gasteiger partial charge is 0.481 e. The first-order chi connectivity index (χ1) is 22.7. The van der Waals surface area contributed by atoms with Crippen LogP contribution in [-0.2, 0) is 35.3 Å². The average molecular weight is 916 g/mol. The van der Waals surface area contributed by atoms with Crippen LogP contribution in [0.5, 0.6) is 0 Å². The Bertz CT molecular complexity index is 2220. The van der Waals surface area contributed by atoms with Crippen molar-refractivity contribution in [3.63, 3.8) is 0 Å². The monoisotopic (exact) mass is 912 g/mol. The van der Waals surface area contributed by atoms with Crippen LogP contribution in [0.25, 0.3) is 17.9 Å². The molecule has 1 aliphatic heterocycles. The predicted octanol–water partition coefficient (Wildman–Crippen LogP) is 3.86. The summed E-state index contributed by atoms with van der Waals surface area (Å²) in [5.74, 6) is -1.84. The fraction of sp³-hybridized carbons (Fsp3) is 0.353. The van der Waals surface area contributed by atoms with E-state index >= 15 is 0 Å². The Hall–Kier alpha value is -2.62. The van der Waals surface area contributed by atoms with Crippen LogP contribution in [0.1, 0.15) is 80.1 Å². The minimum Gasteiger partial charge on any atom is -0.481 e. The zero-order valence-electron chi connectivity index (χ0n) is 26.8. The molecule has 0 atom stereocenters. The molecule has 5 rings (SSSR count). The molecule has 0 aliphatic carbocycles. The van der Waals surface area contributed by atoms with Gasteiger partial charge in [0.05, 0.1) is 62.1 Å². The zero-order valence-corrected chi connectivity index (χ0v) is 33.1. The molecule has 10 nitrogen and oxygen atoms in total. The van der Waals surface area contributed by atoms with Gasteiger partial charge in [-0.3, -0.25) is 9.59 Å². The summed E-state index contributed by atoms with van der Waals surface area (Å²) in [7, 11) is 0. The maximum atomic E-state index is 11.8. The Morgan fingerprint density at radius 3 is 1.25 bits per heavy atom. The van der Waals surface area contributed by atoms with Crippen molar-refractivity contribution in [2.45, 2.75) is 66.2 Å². The molecule has 8 bridgehead atoms. The normalized spacial score (nSPS) is 13.2. The lowest BCUT2D eigenvalue weighted by molar-refractivity contribution is -0.138. The van der Waals surface area contributed by atoms with Crippen LogP contribution in [0.15, 0.2) is 0 Å². The first kappa shape index (κ1) is 36.7. The number of rotatable bonds is 10. The van der Waals surface area contributed by atoms with Crippen LogP contribution >= 0.6 is 63.7 Å². The maximum absolute atomic E-state index is 11.8. The highest BCUT2D eigenvalue weighted by atomic mass is 79.9. The number of carboxylic acid groups (broad SMARTS) is 2. The molecule has 0 aromatic carbocycles. The van der Waals surface area contributed by atoms with Crippen molar-refractivity contribution in [1.82, 2.24) is 19.9 Å². The summed E-state index contributed by atoms with van der Waals surface area (Å²) < 4.78 is 2.83. The Morgan fingerprint density at radius 2 is 0.812 bits per heavy atom. The standard InChI is InChI=1S/C34H36Br4N4O6/c1-13-17(5-7-21(45)46)31-26(38)32-18(6-8-22(47)48)14(2)29(41-32)24(36)34-20(10-12-44)16(4)30(42-34)25(37)33-19(9-11-43)15(3)28(40-33)23(35)27(13)39-31/h39-44H,5-12H2,1-4H3,(H,45,46)(H,47,48). The number of hydrogen-bond donors (Lipinski definition) is 8. The zero-order chi connectivity index (χ0) is 35.2. The Labute approximate surface area is 309 Å². The van der Waals surface area contributed by atoms with Crippen molar-refractivity contribution in [2.24, 2.45) is 0 Å². The van der Waals surface area contributed by atoms with Gasteiger partial charge in [-0.05, 0) is 162 Å². The molecule has 0 fully saturated rings. The highest BCUT2D eigenvalue weighted by Crippen LogP contribution is 2.35. The van der Waals surface area contributed by atoms with Crippen LogP contribution in [-0.4, -0.2) is 65.5 Å². The number of aliphatic hydroxyl groups excluding tert-OH is 2. The van der Waals surface area contributed by atoms with E-state index in [9.17, 15) is 30.0 Å². The third-order valence-corrected chi connectivity index (χ3v) is 12.3. The van der Waals surface area contributed by atoms with Crippen molar-refractivity contribution < 1.29 is 30.0 Å². The summed E-state index contributed by atoms with van der Waals surface area (Å²) in [5, 5.41) is 42.4. The topological polar surface area (TPSA) is 178 Å². The molecule has 4 aromatic rings. The summed E-state index contributed by atoms with van der Waals surface area (Å²) in [5.41, 5.74) is 10.0. The fourth-order valence-electron chi connectivity index (χ4n) is 6.60. The lowest BCUT2D eigenvalue weighted by Crippen LogP contribution is -2.17. The van der Waals surface area contributed by atoms with Crippen molar-refractivity contribution in [3.05, 3.63) is 88.7 Å². The molecular weight excluding hydrogens is 880 g/mol. The number of aliphatic hydroxyl groups is 2. The molecule has 0 unspecified atom stereocenters. The number of nitrogens with one attached hydrogen (secondary N) is 4. The van der Waals surface area contributed by atoms with E-state index in [4.69, 9.17) is 0 Å². The van der Waals surface area contributed by atoms with Crippen molar-refractivity contribution >= 4 is 93.6 Å². The fourth-order valence-corrected chi connectivity index (χ4v) is 9.53. The minimum absolute atomic E-state index is 0.0571. The van der Waals surface area contributed by atoms with E-state index < -0.39 is 11.9 Å². The predicted molar refractivity (Wildman–Crippen MR) is 200 cm³/mol. The van der Waals surface area contributed by atoms with Gasteiger partial charge in [0.25, 0.3) is 0 Å². The van der Waals surface area contributed by atoms with Gasteiger partial charge >= 0.3 is 11.9 Å². The Morgan fingerprint density at radius 1 is 0.479 bits per heavy atom. The number of hydrogen-bond acceptors (Lipinski definition) is 4. The van der Waals surface area contributed by atoms with Gasteiger partial charge in [0.1, 0.15) is 0 Å². The third kappa shape index (κ3) is 6.51. The summed E-state index contributed by atoms with van der Waals surface area (Å²) in [4.78, 5) is 37.8. The smallest absolute Gasteiger partial charge is 0.303 e. The Balaban J connectivity index is 2.06. The molecule has 0 radical (unpaired) electrons. The second kappa shape index (κ2) is 14.7. The second-order valence-electron chi connectivity index (χ2n) is 11.9. The van der Waals surface area contributed by atoms with Crippen LogP contribution in [0.3, 0.4) is 0 Å². The molecular formula is C34H36Br4N4O6. The van der Waals surface area contributed by atoms with Gasteiger partial charge in [-0.2, -0.15) is 0 Å². The third-order valence-electron chi connectivity index (χ3n) is 9.18. The molecule has 8 N–H and O–H groups in total. The van der Waals surface area contributed by atoms with Crippen LogP contribution < -0.4 is 21.4 Å². The molecule has 14 heteroatoms. The number of carbonyl (C=O) groups is 2. The number of aromatic nitrogens is 4. The molecule has 1 aliphatic rings. The van der Waals surface area contributed by atoms with E-state index in [0.717, 1.165) is 86.6 Å². The Kier molecular flexibility index (Phi) is 11.2. The summed E-state index contributed by atoms with van der Waals surface area (Å²) in [6, 6.07) is 0. The number of halogens is 4. The van der Waals surface area contributed by atoms with Crippen LogP contribution in [0.2, 0.25) is 0 Å². The van der Waals surface area contributed by atoms with Gasteiger partial charge < -0.3 is 40.4 Å². The molecule has 0 saturated carbocycles. The number of H-pyrrole nitrogens is 4. The SMILES string of the molecule is Cc1c2[nH]c(c1CCO)C(Br)=c1[nH]c(c(CCC(=O)O)c1C)=C(Br)c1[nH]c(c(C)c1CCC(=O)O)C(Br)=c1[nH]c(c(CCO)c1C)=C2Br. The van der Waals surface area contributed by atoms with Crippen molar-refractivity contribution in [1.29, 1.82) is 0 Å². The van der Waals surface area contributed by atoms with Crippen molar-refractivity contribution in [3.8, 4) is 0 Å². The van der Waals surface area contributed by atoms with Crippen LogP contribution in [0, 0.1) is 27.7 Å². The average Bonchev–Trinajstić information content (AvgIpc) is 3.75. The van der Waals surface area contributed by atoms with E-state index in [-0.39, 0.29) is 38.9 Å². The lowest BCUT2D eigenvalue weighted by atomic mass is 10.0. The van der Waals surface area contributed by atoms with E-state index in [0.29, 0.717) is 32.8 Å². The highest BCUT2D eigenvalue weighted by molar-refractivity contribution is 9.15. The number of aromatic amines is 4. The second-order valence-corrected chi connectivity index (χ2v) is 15.1. The maximum Gasteiger partial charge on any atom is 0.303 e. The molecule has 0 spiro atoms. The first-order valence-corrected chi connectivity index (χ1v) is 18.5. The summed E-state index contributed by atoms with van der Waals surface area (Å²) in [6.45, 7) is 7.76. The molecule has 0 amide bonds. The number of aliphatic carboxylic acids is 2.